The summed E-state index contributed by atoms with van der Waals surface area (Å²) in [6.07, 6.45) is 0. The molecule has 0 radical (unpaired) electrons. The summed E-state index contributed by atoms with van der Waals surface area (Å²) < 4.78 is 5.00. The molecule has 3 N–H and O–H groups in total. The third-order valence-corrected chi connectivity index (χ3v) is 3.66. The average molecular weight is 248 g/mol. The summed E-state index contributed by atoms with van der Waals surface area (Å²) in [6, 6.07) is 5.81. The van der Waals surface area contributed by atoms with Crippen molar-refractivity contribution in [1.82, 2.24) is 0 Å². The number of ether oxygens (including phenoxy) is 1. The highest BCUT2D eigenvalue weighted by Gasteiger charge is 2.29. The lowest BCUT2D eigenvalue weighted by molar-refractivity contribution is 0.0526. The van der Waals surface area contributed by atoms with E-state index in [9.17, 15) is 4.79 Å². The summed E-state index contributed by atoms with van der Waals surface area (Å²) >= 11 is 0. The minimum Gasteiger partial charge on any atom is -0.462 e. The number of hydrogen-bond acceptors (Lipinski definition) is 4. The Hall–Kier alpha value is -1.55. The highest BCUT2D eigenvalue weighted by Crippen LogP contribution is 2.35. The third-order valence-electron chi connectivity index (χ3n) is 3.66. The van der Waals surface area contributed by atoms with Crippen molar-refractivity contribution in [3.05, 3.63) is 29.3 Å². The van der Waals surface area contributed by atoms with Crippen LogP contribution >= 0.6 is 0 Å². The minimum absolute atomic E-state index is 0.0503. The molecule has 2 rings (SSSR count). The van der Waals surface area contributed by atoms with Gasteiger partial charge < -0.3 is 15.8 Å². The van der Waals surface area contributed by atoms with Gasteiger partial charge in [-0.05, 0) is 43.5 Å². The highest BCUT2D eigenvalue weighted by molar-refractivity contribution is 5.90. The number of fused-ring (bicyclic) bond motifs is 1. The zero-order chi connectivity index (χ0) is 13.3. The maximum absolute atomic E-state index is 11.7. The van der Waals surface area contributed by atoms with Crippen molar-refractivity contribution in [1.29, 1.82) is 0 Å². The molecule has 18 heavy (non-hydrogen) atoms. The number of nitrogens with one attached hydrogen (secondary N) is 1. The summed E-state index contributed by atoms with van der Waals surface area (Å²) in [5.74, 6) is 0.0359. The first-order valence-electron chi connectivity index (χ1n) is 6.37. The Bertz CT molecular complexity index is 459. The molecule has 1 aromatic rings. The quantitative estimate of drug-likeness (QED) is 0.788. The van der Waals surface area contributed by atoms with E-state index in [1.807, 2.05) is 12.1 Å². The van der Waals surface area contributed by atoms with Gasteiger partial charge in [0, 0.05) is 17.8 Å². The topological polar surface area (TPSA) is 64.3 Å². The van der Waals surface area contributed by atoms with Gasteiger partial charge in [0.2, 0.25) is 0 Å². The number of benzene rings is 1. The van der Waals surface area contributed by atoms with Crippen molar-refractivity contribution in [2.24, 2.45) is 11.7 Å². The molecule has 3 atom stereocenters. The maximum atomic E-state index is 11.7. The molecule has 0 saturated heterocycles. The van der Waals surface area contributed by atoms with Gasteiger partial charge >= 0.3 is 5.97 Å². The van der Waals surface area contributed by atoms with Crippen LogP contribution in [0, 0.1) is 5.92 Å². The van der Waals surface area contributed by atoms with Crippen LogP contribution in [-0.4, -0.2) is 18.6 Å². The molecule has 1 heterocycles. The monoisotopic (exact) mass is 248 g/mol. The van der Waals surface area contributed by atoms with E-state index in [4.69, 9.17) is 10.5 Å². The number of nitrogens with two attached hydrogens (primary N) is 1. The Kier molecular flexibility index (Phi) is 3.57. The fourth-order valence-electron chi connectivity index (χ4n) is 2.28. The van der Waals surface area contributed by atoms with E-state index in [-0.39, 0.29) is 12.0 Å². The Morgan fingerprint density at radius 1 is 1.44 bits per heavy atom. The fraction of sp³-hybridized carbons (Fsp3) is 0.500. The number of anilines is 1. The van der Waals surface area contributed by atoms with Crippen molar-refractivity contribution in [3.63, 3.8) is 0 Å². The smallest absolute Gasteiger partial charge is 0.338 e. The van der Waals surface area contributed by atoms with Gasteiger partial charge in [-0.2, -0.15) is 0 Å². The van der Waals surface area contributed by atoms with E-state index in [0.717, 1.165) is 11.3 Å². The van der Waals surface area contributed by atoms with Gasteiger partial charge in [-0.1, -0.05) is 6.92 Å². The van der Waals surface area contributed by atoms with Gasteiger partial charge in [0.15, 0.2) is 0 Å². The first-order valence-corrected chi connectivity index (χ1v) is 6.37. The summed E-state index contributed by atoms with van der Waals surface area (Å²) in [7, 11) is 0. The highest BCUT2D eigenvalue weighted by atomic mass is 16.5. The van der Waals surface area contributed by atoms with E-state index in [2.05, 4.69) is 19.2 Å². The molecule has 0 saturated carbocycles. The van der Waals surface area contributed by atoms with E-state index in [0.29, 0.717) is 24.1 Å². The molecule has 1 aromatic carbocycles. The SMILES string of the molecule is CCOC(=O)c1ccc2c(c1)C(N)C(C)C(C)N2. The van der Waals surface area contributed by atoms with Crippen molar-refractivity contribution < 1.29 is 9.53 Å². The van der Waals surface area contributed by atoms with Crippen LogP contribution in [0.25, 0.3) is 0 Å². The molecule has 4 heteroatoms. The number of rotatable bonds is 2. The average Bonchev–Trinajstić information content (AvgIpc) is 2.36. The summed E-state index contributed by atoms with van der Waals surface area (Å²) in [4.78, 5) is 11.7. The zero-order valence-corrected chi connectivity index (χ0v) is 11.1. The molecule has 0 bridgehead atoms. The van der Waals surface area contributed by atoms with Crippen molar-refractivity contribution in [3.8, 4) is 0 Å². The lowest BCUT2D eigenvalue weighted by atomic mass is 9.84. The van der Waals surface area contributed by atoms with Gasteiger partial charge in [0.1, 0.15) is 0 Å². The summed E-state index contributed by atoms with van der Waals surface area (Å²) in [5.41, 5.74) is 8.80. The Balaban J connectivity index is 2.34. The van der Waals surface area contributed by atoms with Crippen molar-refractivity contribution in [2.75, 3.05) is 11.9 Å². The van der Waals surface area contributed by atoms with Crippen LogP contribution in [-0.2, 0) is 4.74 Å². The second-order valence-corrected chi connectivity index (χ2v) is 4.84. The predicted octanol–water partition coefficient (Wildman–Crippen LogP) is 2.31. The molecule has 3 unspecified atom stereocenters. The Morgan fingerprint density at radius 3 is 2.83 bits per heavy atom. The second kappa shape index (κ2) is 4.98. The molecule has 98 valence electrons. The van der Waals surface area contributed by atoms with Gasteiger partial charge in [-0.15, -0.1) is 0 Å². The molecular formula is C14H20N2O2. The number of esters is 1. The Labute approximate surface area is 108 Å². The molecular weight excluding hydrogens is 228 g/mol. The van der Waals surface area contributed by atoms with Crippen LogP contribution in [0.1, 0.15) is 42.7 Å². The van der Waals surface area contributed by atoms with Crippen molar-refractivity contribution >= 4 is 11.7 Å². The fourth-order valence-corrected chi connectivity index (χ4v) is 2.28. The van der Waals surface area contributed by atoms with Gasteiger partial charge in [0.05, 0.1) is 12.2 Å². The third kappa shape index (κ3) is 2.20. The second-order valence-electron chi connectivity index (χ2n) is 4.84. The van der Waals surface area contributed by atoms with Crippen LogP contribution in [0.2, 0.25) is 0 Å². The molecule has 4 nitrogen and oxygen atoms in total. The molecule has 0 spiro atoms. The normalized spacial score (nSPS) is 26.1. The van der Waals surface area contributed by atoms with E-state index >= 15 is 0 Å². The molecule has 0 aliphatic carbocycles. The van der Waals surface area contributed by atoms with Crippen LogP contribution in [0.5, 0.6) is 0 Å². The number of carbonyl (C=O) groups excluding carboxylic acids is 1. The first-order chi connectivity index (χ1) is 8.54. The number of carbonyl (C=O) groups is 1. The molecule has 0 aromatic heterocycles. The minimum atomic E-state index is -0.293. The largest absolute Gasteiger partial charge is 0.462 e. The predicted molar refractivity (Wildman–Crippen MR) is 71.6 cm³/mol. The summed E-state index contributed by atoms with van der Waals surface area (Å²) in [5, 5.41) is 3.41. The molecule has 0 fully saturated rings. The Morgan fingerprint density at radius 2 is 2.17 bits per heavy atom. The lowest BCUT2D eigenvalue weighted by Crippen LogP contribution is -2.37. The van der Waals surface area contributed by atoms with E-state index < -0.39 is 0 Å². The number of hydrogen-bond donors (Lipinski definition) is 2. The lowest BCUT2D eigenvalue weighted by Gasteiger charge is -2.35. The van der Waals surface area contributed by atoms with Gasteiger partial charge in [0.25, 0.3) is 0 Å². The van der Waals surface area contributed by atoms with Crippen LogP contribution in [0.4, 0.5) is 5.69 Å². The van der Waals surface area contributed by atoms with E-state index in [1.54, 1.807) is 13.0 Å². The standard InChI is InChI=1S/C14H20N2O2/c1-4-18-14(17)10-5-6-12-11(7-10)13(15)8(2)9(3)16-12/h5-9,13,16H,4,15H2,1-3H3. The summed E-state index contributed by atoms with van der Waals surface area (Å²) in [6.45, 7) is 6.41. The maximum Gasteiger partial charge on any atom is 0.338 e. The molecule has 1 aliphatic rings. The van der Waals surface area contributed by atoms with Gasteiger partial charge in [-0.3, -0.25) is 0 Å². The molecule has 0 amide bonds. The first kappa shape index (κ1) is 12.9. The van der Waals surface area contributed by atoms with Gasteiger partial charge in [-0.25, -0.2) is 4.79 Å². The molecule has 1 aliphatic heterocycles. The van der Waals surface area contributed by atoms with Crippen molar-refractivity contribution in [2.45, 2.75) is 32.9 Å². The van der Waals surface area contributed by atoms with Crippen LogP contribution in [0.15, 0.2) is 18.2 Å². The van der Waals surface area contributed by atoms with E-state index in [1.165, 1.54) is 0 Å². The van der Waals surface area contributed by atoms with Crippen LogP contribution in [0.3, 0.4) is 0 Å². The van der Waals surface area contributed by atoms with Crippen LogP contribution < -0.4 is 11.1 Å². The zero-order valence-electron chi connectivity index (χ0n) is 11.1.